The summed E-state index contributed by atoms with van der Waals surface area (Å²) in [4.78, 5) is 4.27. The number of benzene rings is 2. The first-order chi connectivity index (χ1) is 9.28. The van der Waals surface area contributed by atoms with Gasteiger partial charge < -0.3 is 15.5 Å². The summed E-state index contributed by atoms with van der Waals surface area (Å²) < 4.78 is 5.54. The average Bonchev–Trinajstić information content (AvgIpc) is 2.83. The summed E-state index contributed by atoms with van der Waals surface area (Å²) in [6.45, 7) is 0. The molecule has 0 spiro atoms. The third-order valence-electron chi connectivity index (χ3n) is 2.74. The molecule has 0 saturated carbocycles. The Morgan fingerprint density at radius 2 is 2.00 bits per heavy atom. The number of rotatable bonds is 2. The van der Waals surface area contributed by atoms with Gasteiger partial charge in [0.15, 0.2) is 5.58 Å². The Kier molecular flexibility index (Phi) is 2.54. The van der Waals surface area contributed by atoms with Gasteiger partial charge in [0.05, 0.1) is 16.9 Å². The number of nitrogens with zero attached hydrogens (tertiary/aromatic N) is 2. The summed E-state index contributed by atoms with van der Waals surface area (Å²) in [7, 11) is 0. The highest BCUT2D eigenvalue weighted by atomic mass is 16.4. The lowest BCUT2D eigenvalue weighted by molar-refractivity contribution is 0.623. The maximum Gasteiger partial charge on any atom is 0.300 e. The standard InChI is InChI=1S/C14H10N4O/c15-8-9-4-1-2-6-11(9)17-14-18-13-10(16)5-3-7-12(13)19-14/h1-7H,16H2,(H,17,18). The molecule has 0 radical (unpaired) electrons. The number of anilines is 3. The molecule has 0 aliphatic rings. The highest BCUT2D eigenvalue weighted by molar-refractivity contribution is 5.86. The molecule has 2 aromatic carbocycles. The molecule has 3 aromatic rings. The molecular weight excluding hydrogens is 240 g/mol. The van der Waals surface area contributed by atoms with Crippen LogP contribution in [0.25, 0.3) is 11.1 Å². The number of fused-ring (bicyclic) bond motifs is 1. The predicted molar refractivity (Wildman–Crippen MR) is 72.9 cm³/mol. The first-order valence-corrected chi connectivity index (χ1v) is 5.69. The highest BCUT2D eigenvalue weighted by Crippen LogP contribution is 2.26. The number of nitrogens with two attached hydrogens (primary N) is 1. The summed E-state index contributed by atoms with van der Waals surface area (Å²) in [6.07, 6.45) is 0. The summed E-state index contributed by atoms with van der Waals surface area (Å²) in [6, 6.07) is 14.9. The Labute approximate surface area is 109 Å². The smallest absolute Gasteiger partial charge is 0.300 e. The molecule has 1 heterocycles. The van der Waals surface area contributed by atoms with Gasteiger partial charge in [-0.15, -0.1) is 0 Å². The topological polar surface area (TPSA) is 87.9 Å². The van der Waals surface area contributed by atoms with Crippen molar-refractivity contribution in [1.29, 1.82) is 5.26 Å². The van der Waals surface area contributed by atoms with E-state index in [1.165, 1.54) is 0 Å². The second kappa shape index (κ2) is 4.35. The predicted octanol–water partition coefficient (Wildman–Crippen LogP) is 3.03. The SMILES string of the molecule is N#Cc1ccccc1Nc1nc2c(N)cccc2o1. The molecule has 19 heavy (non-hydrogen) atoms. The number of para-hydroxylation sites is 2. The minimum atomic E-state index is 0.315. The van der Waals surface area contributed by atoms with Crippen LogP contribution in [0.15, 0.2) is 46.9 Å². The Bertz CT molecular complexity index is 785. The van der Waals surface area contributed by atoms with Crippen LogP contribution in [0.3, 0.4) is 0 Å². The van der Waals surface area contributed by atoms with Crippen molar-refractivity contribution in [2.45, 2.75) is 0 Å². The summed E-state index contributed by atoms with van der Waals surface area (Å²) in [5.41, 5.74) is 8.77. The van der Waals surface area contributed by atoms with Crippen molar-refractivity contribution in [3.63, 3.8) is 0 Å². The van der Waals surface area contributed by atoms with E-state index in [4.69, 9.17) is 15.4 Å². The van der Waals surface area contributed by atoms with Gasteiger partial charge in [-0.1, -0.05) is 18.2 Å². The van der Waals surface area contributed by atoms with Crippen LogP contribution in [0.1, 0.15) is 5.56 Å². The van der Waals surface area contributed by atoms with E-state index in [9.17, 15) is 0 Å². The number of nitrogen functional groups attached to an aromatic ring is 1. The highest BCUT2D eigenvalue weighted by Gasteiger charge is 2.09. The van der Waals surface area contributed by atoms with Crippen LogP contribution < -0.4 is 11.1 Å². The van der Waals surface area contributed by atoms with Crippen molar-refractivity contribution in [1.82, 2.24) is 4.98 Å². The molecule has 92 valence electrons. The van der Waals surface area contributed by atoms with Crippen LogP contribution in [-0.2, 0) is 0 Å². The molecule has 5 nitrogen and oxygen atoms in total. The number of hydrogen-bond acceptors (Lipinski definition) is 5. The summed E-state index contributed by atoms with van der Waals surface area (Å²) in [5.74, 6) is 0. The number of nitrogens with one attached hydrogen (secondary N) is 1. The van der Waals surface area contributed by atoms with Crippen molar-refractivity contribution in [3.8, 4) is 6.07 Å². The van der Waals surface area contributed by atoms with Crippen molar-refractivity contribution < 1.29 is 4.42 Å². The van der Waals surface area contributed by atoms with Crippen LogP contribution in [0.2, 0.25) is 0 Å². The van der Waals surface area contributed by atoms with Crippen molar-refractivity contribution in [2.24, 2.45) is 0 Å². The molecule has 0 atom stereocenters. The van der Waals surface area contributed by atoms with E-state index in [-0.39, 0.29) is 0 Å². The van der Waals surface area contributed by atoms with Gasteiger partial charge in [-0.25, -0.2) is 0 Å². The molecule has 5 heteroatoms. The van der Waals surface area contributed by atoms with Gasteiger partial charge in [0.1, 0.15) is 11.6 Å². The lowest BCUT2D eigenvalue weighted by Crippen LogP contribution is -1.93. The first-order valence-electron chi connectivity index (χ1n) is 5.69. The summed E-state index contributed by atoms with van der Waals surface area (Å²) in [5, 5.41) is 12.0. The van der Waals surface area contributed by atoms with E-state index >= 15 is 0 Å². The van der Waals surface area contributed by atoms with Crippen molar-refractivity contribution in [2.75, 3.05) is 11.1 Å². The number of hydrogen-bond donors (Lipinski definition) is 2. The molecule has 0 saturated heterocycles. The fourth-order valence-corrected chi connectivity index (χ4v) is 1.83. The van der Waals surface area contributed by atoms with Gasteiger partial charge in [-0.05, 0) is 24.3 Å². The molecule has 1 aromatic heterocycles. The molecule has 0 unspecified atom stereocenters. The van der Waals surface area contributed by atoms with Gasteiger partial charge in [-0.2, -0.15) is 10.2 Å². The van der Waals surface area contributed by atoms with Gasteiger partial charge in [0.25, 0.3) is 6.01 Å². The lowest BCUT2D eigenvalue weighted by Gasteiger charge is -2.02. The average molecular weight is 250 g/mol. The number of aromatic nitrogens is 1. The Morgan fingerprint density at radius 3 is 2.79 bits per heavy atom. The van der Waals surface area contributed by atoms with E-state index < -0.39 is 0 Å². The van der Waals surface area contributed by atoms with Gasteiger partial charge in [0, 0.05) is 0 Å². The number of oxazole rings is 1. The monoisotopic (exact) mass is 250 g/mol. The first kappa shape index (κ1) is 11.1. The summed E-state index contributed by atoms with van der Waals surface area (Å²) >= 11 is 0. The minimum Gasteiger partial charge on any atom is -0.423 e. The number of nitriles is 1. The quantitative estimate of drug-likeness (QED) is 0.682. The van der Waals surface area contributed by atoms with Crippen molar-refractivity contribution in [3.05, 3.63) is 48.0 Å². The van der Waals surface area contributed by atoms with Gasteiger partial charge >= 0.3 is 0 Å². The van der Waals surface area contributed by atoms with Gasteiger partial charge in [-0.3, -0.25) is 0 Å². The normalized spacial score (nSPS) is 10.3. The Morgan fingerprint density at radius 1 is 1.16 bits per heavy atom. The van der Waals surface area contributed by atoms with E-state index in [2.05, 4.69) is 16.4 Å². The van der Waals surface area contributed by atoms with E-state index in [0.29, 0.717) is 34.1 Å². The van der Waals surface area contributed by atoms with Gasteiger partial charge in [0.2, 0.25) is 0 Å². The third-order valence-corrected chi connectivity index (χ3v) is 2.74. The lowest BCUT2D eigenvalue weighted by atomic mass is 10.2. The van der Waals surface area contributed by atoms with Crippen LogP contribution in [0.5, 0.6) is 0 Å². The molecular formula is C14H10N4O. The fraction of sp³-hybridized carbons (Fsp3) is 0. The van der Waals surface area contributed by atoms with Crippen LogP contribution in [0.4, 0.5) is 17.4 Å². The Hall–Kier alpha value is -3.00. The van der Waals surface area contributed by atoms with E-state index in [0.717, 1.165) is 0 Å². The molecule has 3 rings (SSSR count). The molecule has 0 bridgehead atoms. The molecule has 0 amide bonds. The van der Waals surface area contributed by atoms with Crippen molar-refractivity contribution >= 4 is 28.5 Å². The largest absolute Gasteiger partial charge is 0.423 e. The van der Waals surface area contributed by atoms with Crippen LogP contribution >= 0.6 is 0 Å². The zero-order chi connectivity index (χ0) is 13.2. The zero-order valence-electron chi connectivity index (χ0n) is 9.92. The zero-order valence-corrected chi connectivity index (χ0v) is 9.92. The molecule has 0 aliphatic carbocycles. The van der Waals surface area contributed by atoms with E-state index in [1.54, 1.807) is 36.4 Å². The third kappa shape index (κ3) is 1.96. The maximum absolute atomic E-state index is 9.02. The maximum atomic E-state index is 9.02. The molecule has 0 aliphatic heterocycles. The second-order valence-electron chi connectivity index (χ2n) is 4.00. The van der Waals surface area contributed by atoms with Crippen LogP contribution in [-0.4, -0.2) is 4.98 Å². The Balaban J connectivity index is 2.02. The second-order valence-corrected chi connectivity index (χ2v) is 4.00. The molecule has 3 N–H and O–H groups in total. The minimum absolute atomic E-state index is 0.315. The molecule has 0 fully saturated rings. The van der Waals surface area contributed by atoms with E-state index in [1.807, 2.05) is 6.07 Å². The van der Waals surface area contributed by atoms with Crippen LogP contribution in [0, 0.1) is 11.3 Å². The fourth-order valence-electron chi connectivity index (χ4n) is 1.83.